The largest absolute Gasteiger partial charge is 0.352 e. The van der Waals surface area contributed by atoms with Crippen molar-refractivity contribution in [2.45, 2.75) is 13.2 Å². The van der Waals surface area contributed by atoms with Crippen molar-refractivity contribution in [3.8, 4) is 0 Å². The molecule has 3 heteroatoms. The molecule has 0 N–H and O–H groups in total. The van der Waals surface area contributed by atoms with E-state index in [1.807, 2.05) is 19.1 Å². The number of pyridine rings is 1. The number of rotatable bonds is 3. The molecule has 1 aromatic rings. The van der Waals surface area contributed by atoms with Crippen LogP contribution in [0.4, 0.5) is 0 Å². The highest BCUT2D eigenvalue weighted by molar-refractivity contribution is 5.14. The summed E-state index contributed by atoms with van der Waals surface area (Å²) in [7, 11) is 3.21. The van der Waals surface area contributed by atoms with E-state index < -0.39 is 0 Å². The van der Waals surface area contributed by atoms with Gasteiger partial charge in [-0.3, -0.25) is 4.98 Å². The summed E-state index contributed by atoms with van der Waals surface area (Å²) in [5.74, 6) is 0. The van der Waals surface area contributed by atoms with Gasteiger partial charge < -0.3 is 9.47 Å². The molecule has 0 radical (unpaired) electrons. The molecule has 1 heterocycles. The molecular formula is C9H13NO2. The van der Waals surface area contributed by atoms with Crippen molar-refractivity contribution in [3.63, 3.8) is 0 Å². The van der Waals surface area contributed by atoms with Gasteiger partial charge in [0.25, 0.3) is 0 Å². The van der Waals surface area contributed by atoms with E-state index in [1.165, 1.54) is 0 Å². The summed E-state index contributed by atoms with van der Waals surface area (Å²) in [6.07, 6.45) is 1.45. The number of hydrogen-bond acceptors (Lipinski definition) is 3. The average molecular weight is 167 g/mol. The van der Waals surface area contributed by atoms with Crippen molar-refractivity contribution in [3.05, 3.63) is 29.6 Å². The van der Waals surface area contributed by atoms with Gasteiger partial charge in [0.15, 0.2) is 6.29 Å². The third kappa shape index (κ3) is 2.03. The smallest absolute Gasteiger partial charge is 0.184 e. The average Bonchev–Trinajstić information content (AvgIpc) is 2.10. The van der Waals surface area contributed by atoms with Crippen molar-refractivity contribution in [1.29, 1.82) is 0 Å². The maximum absolute atomic E-state index is 5.06. The minimum absolute atomic E-state index is 0.307. The molecule has 66 valence electrons. The fourth-order valence-corrected chi connectivity index (χ4v) is 0.987. The maximum atomic E-state index is 5.06. The Morgan fingerprint density at radius 3 is 2.33 bits per heavy atom. The Labute approximate surface area is 72.3 Å². The lowest BCUT2D eigenvalue weighted by atomic mass is 10.2. The van der Waals surface area contributed by atoms with Crippen molar-refractivity contribution in [2.24, 2.45) is 0 Å². The fraction of sp³-hybridized carbons (Fsp3) is 0.444. The van der Waals surface area contributed by atoms with Crippen molar-refractivity contribution < 1.29 is 9.47 Å². The zero-order valence-corrected chi connectivity index (χ0v) is 7.57. The first-order valence-corrected chi connectivity index (χ1v) is 3.76. The predicted octanol–water partition coefficient (Wildman–Crippen LogP) is 1.68. The molecule has 3 nitrogen and oxygen atoms in total. The number of hydrogen-bond donors (Lipinski definition) is 0. The maximum Gasteiger partial charge on any atom is 0.184 e. The van der Waals surface area contributed by atoms with Crippen LogP contribution in [0.2, 0.25) is 0 Å². The number of nitrogens with zero attached hydrogens (tertiary/aromatic N) is 1. The van der Waals surface area contributed by atoms with E-state index in [0.717, 1.165) is 11.3 Å². The van der Waals surface area contributed by atoms with Crippen LogP contribution < -0.4 is 0 Å². The molecule has 0 aromatic carbocycles. The first-order chi connectivity index (χ1) is 5.77. The zero-order chi connectivity index (χ0) is 8.97. The summed E-state index contributed by atoms with van der Waals surface area (Å²) < 4.78 is 10.1. The minimum Gasteiger partial charge on any atom is -0.352 e. The van der Waals surface area contributed by atoms with Gasteiger partial charge in [-0.05, 0) is 13.0 Å². The van der Waals surface area contributed by atoms with E-state index >= 15 is 0 Å². The molecule has 1 aromatic heterocycles. The van der Waals surface area contributed by atoms with Crippen LogP contribution in [0.15, 0.2) is 18.3 Å². The lowest BCUT2D eigenvalue weighted by molar-refractivity contribution is -0.106. The van der Waals surface area contributed by atoms with Crippen molar-refractivity contribution in [2.75, 3.05) is 14.2 Å². The number of methoxy groups -OCH3 is 2. The van der Waals surface area contributed by atoms with Gasteiger partial charge in [0.2, 0.25) is 0 Å². The molecule has 0 aliphatic heterocycles. The topological polar surface area (TPSA) is 31.4 Å². The highest BCUT2D eigenvalue weighted by atomic mass is 16.7. The molecular weight excluding hydrogens is 154 g/mol. The van der Waals surface area contributed by atoms with Gasteiger partial charge in [-0.25, -0.2) is 0 Å². The van der Waals surface area contributed by atoms with Gasteiger partial charge in [-0.1, -0.05) is 6.07 Å². The van der Waals surface area contributed by atoms with Gasteiger partial charge in [-0.2, -0.15) is 0 Å². The molecule has 1 rings (SSSR count). The Morgan fingerprint density at radius 2 is 1.92 bits per heavy atom. The zero-order valence-electron chi connectivity index (χ0n) is 7.57. The highest BCUT2D eigenvalue weighted by Gasteiger charge is 2.07. The first-order valence-electron chi connectivity index (χ1n) is 3.76. The standard InChI is InChI=1S/C9H13NO2/c1-7-4-5-8(6-10-7)9(11-2)12-3/h4-6,9H,1-3H3. The second-order valence-electron chi connectivity index (χ2n) is 2.54. The fourth-order valence-electron chi connectivity index (χ4n) is 0.987. The summed E-state index contributed by atoms with van der Waals surface area (Å²) in [6, 6.07) is 3.88. The quantitative estimate of drug-likeness (QED) is 0.642. The van der Waals surface area contributed by atoms with Crippen LogP contribution in [0, 0.1) is 6.92 Å². The Bertz CT molecular complexity index is 229. The van der Waals surface area contributed by atoms with Crippen LogP contribution in [-0.2, 0) is 9.47 Å². The van der Waals surface area contributed by atoms with Crippen LogP contribution in [0.25, 0.3) is 0 Å². The van der Waals surface area contributed by atoms with Gasteiger partial charge in [0.05, 0.1) is 0 Å². The van der Waals surface area contributed by atoms with Gasteiger partial charge in [0, 0.05) is 31.7 Å². The molecule has 0 spiro atoms. The molecule has 0 atom stereocenters. The van der Waals surface area contributed by atoms with Crippen LogP contribution in [0.1, 0.15) is 17.5 Å². The molecule has 0 saturated heterocycles. The summed E-state index contributed by atoms with van der Waals surface area (Å²) in [5, 5.41) is 0. The minimum atomic E-state index is -0.307. The van der Waals surface area contributed by atoms with Crippen LogP contribution in [-0.4, -0.2) is 19.2 Å². The molecule has 0 aliphatic rings. The van der Waals surface area contributed by atoms with Crippen LogP contribution >= 0.6 is 0 Å². The van der Waals surface area contributed by atoms with Crippen LogP contribution in [0.3, 0.4) is 0 Å². The van der Waals surface area contributed by atoms with E-state index in [1.54, 1.807) is 20.4 Å². The molecule has 0 amide bonds. The molecule has 0 fully saturated rings. The Balaban J connectivity index is 2.80. The summed E-state index contributed by atoms with van der Waals surface area (Å²) in [6.45, 7) is 1.94. The Morgan fingerprint density at radius 1 is 1.25 bits per heavy atom. The lowest BCUT2D eigenvalue weighted by Crippen LogP contribution is -2.03. The van der Waals surface area contributed by atoms with Gasteiger partial charge in [-0.15, -0.1) is 0 Å². The van der Waals surface area contributed by atoms with E-state index in [9.17, 15) is 0 Å². The monoisotopic (exact) mass is 167 g/mol. The first kappa shape index (κ1) is 9.16. The van der Waals surface area contributed by atoms with E-state index in [4.69, 9.17) is 9.47 Å². The second kappa shape index (κ2) is 4.18. The highest BCUT2D eigenvalue weighted by Crippen LogP contribution is 2.15. The number of aryl methyl sites for hydroxylation is 1. The summed E-state index contributed by atoms with van der Waals surface area (Å²) >= 11 is 0. The number of aromatic nitrogens is 1. The second-order valence-corrected chi connectivity index (χ2v) is 2.54. The third-order valence-electron chi connectivity index (χ3n) is 1.63. The summed E-state index contributed by atoms with van der Waals surface area (Å²) in [4.78, 5) is 4.14. The van der Waals surface area contributed by atoms with E-state index in [0.29, 0.717) is 0 Å². The third-order valence-corrected chi connectivity index (χ3v) is 1.63. The van der Waals surface area contributed by atoms with E-state index in [2.05, 4.69) is 4.98 Å². The summed E-state index contributed by atoms with van der Waals surface area (Å²) in [5.41, 5.74) is 1.93. The molecule has 0 unspecified atom stereocenters. The number of ether oxygens (including phenoxy) is 2. The Kier molecular flexibility index (Phi) is 3.19. The van der Waals surface area contributed by atoms with Crippen molar-refractivity contribution in [1.82, 2.24) is 4.98 Å². The predicted molar refractivity (Wildman–Crippen MR) is 45.7 cm³/mol. The molecule has 0 bridgehead atoms. The molecule has 12 heavy (non-hydrogen) atoms. The van der Waals surface area contributed by atoms with Crippen molar-refractivity contribution >= 4 is 0 Å². The van der Waals surface area contributed by atoms with E-state index in [-0.39, 0.29) is 6.29 Å². The normalized spacial score (nSPS) is 10.7. The molecule has 0 saturated carbocycles. The van der Waals surface area contributed by atoms with Crippen LogP contribution in [0.5, 0.6) is 0 Å². The molecule has 0 aliphatic carbocycles. The Hall–Kier alpha value is -0.930. The van der Waals surface area contributed by atoms with Gasteiger partial charge in [0.1, 0.15) is 0 Å². The SMILES string of the molecule is COC(OC)c1ccc(C)nc1. The lowest BCUT2D eigenvalue weighted by Gasteiger charge is -2.12. The van der Waals surface area contributed by atoms with Gasteiger partial charge >= 0.3 is 0 Å².